The Morgan fingerprint density at radius 1 is 1.00 bits per heavy atom. The van der Waals surface area contributed by atoms with Crippen LogP contribution in [0.25, 0.3) is 0 Å². The fraction of sp³-hybridized carbons (Fsp3) is 0.533. The molecular formula is C15H16F6N2O3S. The maximum absolute atomic E-state index is 12.8. The highest BCUT2D eigenvalue weighted by molar-refractivity contribution is 7.88. The molecule has 12 heteroatoms. The van der Waals surface area contributed by atoms with Crippen molar-refractivity contribution in [2.75, 3.05) is 24.7 Å². The number of hydrogen-bond acceptors (Lipinski definition) is 3. The van der Waals surface area contributed by atoms with Gasteiger partial charge in [0.25, 0.3) is 0 Å². The Hall–Kier alpha value is -1.82. The second kappa shape index (κ2) is 7.30. The lowest BCUT2D eigenvalue weighted by Crippen LogP contribution is -2.40. The molecule has 27 heavy (non-hydrogen) atoms. The summed E-state index contributed by atoms with van der Waals surface area (Å²) in [7, 11) is -3.43. The van der Waals surface area contributed by atoms with Gasteiger partial charge in [-0.2, -0.15) is 26.3 Å². The Morgan fingerprint density at radius 3 is 1.81 bits per heavy atom. The molecule has 1 aliphatic rings. The van der Waals surface area contributed by atoms with Gasteiger partial charge in [-0.25, -0.2) is 12.7 Å². The molecule has 1 aliphatic heterocycles. The van der Waals surface area contributed by atoms with Crippen molar-refractivity contribution in [3.8, 4) is 0 Å². The number of hydrogen-bond donors (Lipinski definition) is 1. The normalized spacial score (nSPS) is 17.7. The van der Waals surface area contributed by atoms with Crippen molar-refractivity contribution in [3.05, 3.63) is 29.3 Å². The molecule has 5 nitrogen and oxygen atoms in total. The number of anilines is 1. The number of carbonyl (C=O) groups excluding carboxylic acids is 1. The van der Waals surface area contributed by atoms with Crippen molar-refractivity contribution in [2.45, 2.75) is 25.2 Å². The van der Waals surface area contributed by atoms with Crippen LogP contribution >= 0.6 is 0 Å². The second-order valence-corrected chi connectivity index (χ2v) is 8.20. The summed E-state index contributed by atoms with van der Waals surface area (Å²) in [5.41, 5.74) is -3.67. The highest BCUT2D eigenvalue weighted by atomic mass is 32.2. The van der Waals surface area contributed by atoms with E-state index in [1.54, 1.807) is 0 Å². The Morgan fingerprint density at radius 2 is 1.44 bits per heavy atom. The fourth-order valence-corrected chi connectivity index (χ4v) is 3.60. The van der Waals surface area contributed by atoms with E-state index in [4.69, 9.17) is 0 Å². The van der Waals surface area contributed by atoms with Gasteiger partial charge >= 0.3 is 12.4 Å². The molecule has 0 radical (unpaired) electrons. The number of nitrogens with one attached hydrogen (secondary N) is 1. The largest absolute Gasteiger partial charge is 0.416 e. The summed E-state index contributed by atoms with van der Waals surface area (Å²) in [6.45, 7) is 0.0978. The van der Waals surface area contributed by atoms with E-state index in [-0.39, 0.29) is 32.0 Å². The Balaban J connectivity index is 2.18. The molecule has 0 aromatic heterocycles. The SMILES string of the molecule is CS(=O)(=O)N1CCC(C(=O)Nc2cc(C(F)(F)F)cc(C(F)(F)F)c2)CC1. The molecule has 1 N–H and O–H groups in total. The first-order valence-electron chi connectivity index (χ1n) is 7.73. The van der Waals surface area contributed by atoms with Gasteiger partial charge in [0.1, 0.15) is 0 Å². The number of benzene rings is 1. The van der Waals surface area contributed by atoms with Crippen molar-refractivity contribution < 1.29 is 39.6 Å². The minimum absolute atomic E-state index is 0.0275. The van der Waals surface area contributed by atoms with E-state index in [1.165, 1.54) is 0 Å². The van der Waals surface area contributed by atoms with Crippen molar-refractivity contribution in [2.24, 2.45) is 5.92 Å². The van der Waals surface area contributed by atoms with Crippen molar-refractivity contribution >= 4 is 21.6 Å². The van der Waals surface area contributed by atoms with Gasteiger partial charge in [0.15, 0.2) is 0 Å². The lowest BCUT2D eigenvalue weighted by atomic mass is 9.97. The van der Waals surface area contributed by atoms with Crippen LogP contribution < -0.4 is 5.32 Å². The number of halogens is 6. The van der Waals surface area contributed by atoms with Crippen LogP contribution in [0.1, 0.15) is 24.0 Å². The van der Waals surface area contributed by atoms with Crippen molar-refractivity contribution in [1.29, 1.82) is 0 Å². The van der Waals surface area contributed by atoms with E-state index in [1.807, 2.05) is 0 Å². The molecule has 0 aliphatic carbocycles. The van der Waals surface area contributed by atoms with Crippen LogP contribution in [0.4, 0.5) is 32.0 Å². The maximum atomic E-state index is 12.8. The lowest BCUT2D eigenvalue weighted by Gasteiger charge is -2.29. The molecule has 1 amide bonds. The molecule has 0 atom stereocenters. The molecule has 1 fully saturated rings. The summed E-state index contributed by atoms with van der Waals surface area (Å²) in [5.74, 6) is -1.47. The van der Waals surface area contributed by atoms with Gasteiger partial charge < -0.3 is 5.32 Å². The van der Waals surface area contributed by atoms with Crippen molar-refractivity contribution in [1.82, 2.24) is 4.31 Å². The summed E-state index contributed by atoms with van der Waals surface area (Å²) >= 11 is 0. The molecule has 0 spiro atoms. The maximum Gasteiger partial charge on any atom is 0.416 e. The molecule has 1 heterocycles. The minimum Gasteiger partial charge on any atom is -0.326 e. The van der Waals surface area contributed by atoms with Crippen LogP contribution in [0, 0.1) is 5.92 Å². The Labute approximate surface area is 151 Å². The standard InChI is InChI=1S/C15H16F6N2O3S/c1-27(25,26)23-4-2-9(3-5-23)13(24)22-12-7-10(14(16,17)18)6-11(8-12)15(19,20)21/h6-9H,2-5H2,1H3,(H,22,24). The molecule has 1 aromatic rings. The average molecular weight is 418 g/mol. The highest BCUT2D eigenvalue weighted by Gasteiger charge is 2.37. The average Bonchev–Trinajstić information content (AvgIpc) is 2.52. The van der Waals surface area contributed by atoms with E-state index < -0.39 is 51.0 Å². The first kappa shape index (κ1) is 21.5. The van der Waals surface area contributed by atoms with Gasteiger partial charge in [-0.05, 0) is 31.0 Å². The first-order chi connectivity index (χ1) is 12.2. The van der Waals surface area contributed by atoms with Gasteiger partial charge in [-0.15, -0.1) is 0 Å². The third-order valence-corrected chi connectivity index (χ3v) is 5.45. The number of alkyl halides is 6. The zero-order valence-corrected chi connectivity index (χ0v) is 14.8. The van der Waals surface area contributed by atoms with Gasteiger partial charge in [-0.3, -0.25) is 4.79 Å². The quantitative estimate of drug-likeness (QED) is 0.766. The molecule has 1 saturated heterocycles. The minimum atomic E-state index is -5.01. The van der Waals surface area contributed by atoms with Crippen LogP contribution in [0.3, 0.4) is 0 Å². The lowest BCUT2D eigenvalue weighted by molar-refractivity contribution is -0.143. The van der Waals surface area contributed by atoms with E-state index in [0.29, 0.717) is 12.1 Å². The molecule has 0 unspecified atom stereocenters. The Kier molecular flexibility index (Phi) is 5.81. The van der Waals surface area contributed by atoms with Crippen LogP contribution in [0.2, 0.25) is 0 Å². The smallest absolute Gasteiger partial charge is 0.326 e. The monoisotopic (exact) mass is 418 g/mol. The number of nitrogens with zero attached hydrogens (tertiary/aromatic N) is 1. The summed E-state index contributed by atoms with van der Waals surface area (Å²) < 4.78 is 101. The van der Waals surface area contributed by atoms with Gasteiger partial charge in [0.05, 0.1) is 17.4 Å². The second-order valence-electron chi connectivity index (χ2n) is 6.22. The number of piperidine rings is 1. The van der Waals surface area contributed by atoms with Gasteiger partial charge in [0.2, 0.25) is 15.9 Å². The number of sulfonamides is 1. The van der Waals surface area contributed by atoms with Crippen LogP contribution in [0.5, 0.6) is 0 Å². The third kappa shape index (κ3) is 5.58. The third-order valence-electron chi connectivity index (χ3n) is 4.15. The van der Waals surface area contributed by atoms with Crippen molar-refractivity contribution in [3.63, 3.8) is 0 Å². The molecule has 0 saturated carbocycles. The molecule has 1 aromatic carbocycles. The van der Waals surface area contributed by atoms with Crippen LogP contribution in [-0.4, -0.2) is 38.0 Å². The fourth-order valence-electron chi connectivity index (χ4n) is 2.72. The predicted molar refractivity (Wildman–Crippen MR) is 84.2 cm³/mol. The number of rotatable bonds is 3. The van der Waals surface area contributed by atoms with Crippen LogP contribution in [0.15, 0.2) is 18.2 Å². The summed E-state index contributed by atoms with van der Waals surface area (Å²) in [5, 5.41) is 2.08. The van der Waals surface area contributed by atoms with E-state index >= 15 is 0 Å². The summed E-state index contributed by atoms with van der Waals surface area (Å²) in [6.07, 6.45) is -8.79. The predicted octanol–water partition coefficient (Wildman–Crippen LogP) is 3.33. The first-order valence-corrected chi connectivity index (χ1v) is 9.58. The number of carbonyl (C=O) groups is 1. The molecule has 0 bridgehead atoms. The van der Waals surface area contributed by atoms with E-state index in [9.17, 15) is 39.6 Å². The van der Waals surface area contributed by atoms with Gasteiger partial charge in [0, 0.05) is 24.7 Å². The Bertz CT molecular complexity index is 780. The topological polar surface area (TPSA) is 66.5 Å². The zero-order chi connectivity index (χ0) is 20.6. The summed E-state index contributed by atoms with van der Waals surface area (Å²) in [4.78, 5) is 12.2. The van der Waals surface area contributed by atoms with Crippen LogP contribution in [-0.2, 0) is 27.2 Å². The molecule has 2 rings (SSSR count). The molecule has 152 valence electrons. The van der Waals surface area contributed by atoms with E-state index in [2.05, 4.69) is 5.32 Å². The molecular weight excluding hydrogens is 402 g/mol. The van der Waals surface area contributed by atoms with Gasteiger partial charge in [-0.1, -0.05) is 0 Å². The number of amides is 1. The zero-order valence-electron chi connectivity index (χ0n) is 14.0. The summed E-state index contributed by atoms with van der Waals surface area (Å²) in [6, 6.07) is 0.831. The van der Waals surface area contributed by atoms with E-state index in [0.717, 1.165) is 10.6 Å². The highest BCUT2D eigenvalue weighted by Crippen LogP contribution is 2.37.